The van der Waals surface area contributed by atoms with Gasteiger partial charge >= 0.3 is 0 Å². The van der Waals surface area contributed by atoms with Crippen molar-refractivity contribution < 1.29 is 4.74 Å². The highest BCUT2D eigenvalue weighted by Crippen LogP contribution is 2.22. The van der Waals surface area contributed by atoms with Crippen molar-refractivity contribution >= 4 is 0 Å². The van der Waals surface area contributed by atoms with E-state index >= 15 is 0 Å². The molecule has 0 atom stereocenters. The average Bonchev–Trinajstić information content (AvgIpc) is 2.14. The van der Waals surface area contributed by atoms with E-state index in [1.54, 1.807) is 7.11 Å². The maximum Gasteiger partial charge on any atom is 0.119 e. The average molecular weight is 192 g/mol. The molecule has 1 heteroatoms. The lowest BCUT2D eigenvalue weighted by molar-refractivity contribution is 0.377. The van der Waals surface area contributed by atoms with Gasteiger partial charge in [-0.1, -0.05) is 32.9 Å². The van der Waals surface area contributed by atoms with E-state index in [0.717, 1.165) is 12.2 Å². The molecule has 0 aromatic heterocycles. The molecule has 14 heavy (non-hydrogen) atoms. The van der Waals surface area contributed by atoms with E-state index in [-0.39, 0.29) is 0 Å². The molecule has 0 amide bonds. The first-order valence-electron chi connectivity index (χ1n) is 5.14. The molecule has 0 N–H and O–H groups in total. The Morgan fingerprint density at radius 3 is 2.50 bits per heavy atom. The molecule has 0 saturated carbocycles. The molecular weight excluding hydrogens is 172 g/mol. The van der Waals surface area contributed by atoms with Gasteiger partial charge in [0.2, 0.25) is 0 Å². The quantitative estimate of drug-likeness (QED) is 0.710. The van der Waals surface area contributed by atoms with Crippen LogP contribution in [0.15, 0.2) is 24.3 Å². The fourth-order valence-corrected chi connectivity index (χ4v) is 1.35. The first-order chi connectivity index (χ1) is 6.51. The second-order valence-electron chi connectivity index (χ2n) is 4.91. The van der Waals surface area contributed by atoms with Gasteiger partial charge in [0.05, 0.1) is 7.11 Å². The van der Waals surface area contributed by atoms with Crippen molar-refractivity contribution in [1.29, 1.82) is 0 Å². The van der Waals surface area contributed by atoms with Crippen LogP contribution in [-0.2, 0) is 6.42 Å². The molecule has 0 bridgehead atoms. The van der Waals surface area contributed by atoms with Gasteiger partial charge in [-0.15, -0.1) is 0 Å². The monoisotopic (exact) mass is 192 g/mol. The van der Waals surface area contributed by atoms with Crippen molar-refractivity contribution in [3.63, 3.8) is 0 Å². The van der Waals surface area contributed by atoms with Crippen molar-refractivity contribution in [3.8, 4) is 5.75 Å². The van der Waals surface area contributed by atoms with Crippen LogP contribution in [0.3, 0.4) is 0 Å². The van der Waals surface area contributed by atoms with E-state index in [4.69, 9.17) is 4.74 Å². The minimum Gasteiger partial charge on any atom is -0.497 e. The summed E-state index contributed by atoms with van der Waals surface area (Å²) in [6.07, 6.45) is 2.33. The Balaban J connectivity index is 2.59. The Morgan fingerprint density at radius 1 is 1.21 bits per heavy atom. The predicted molar refractivity (Wildman–Crippen MR) is 60.8 cm³/mol. The SMILES string of the molecule is COc1cccc(CCC(C)(C)C)c1. The minimum absolute atomic E-state index is 0.406. The van der Waals surface area contributed by atoms with Crippen molar-refractivity contribution in [1.82, 2.24) is 0 Å². The summed E-state index contributed by atoms with van der Waals surface area (Å²) in [7, 11) is 1.71. The standard InChI is InChI=1S/C13H20O/c1-13(2,3)9-8-11-6-5-7-12(10-11)14-4/h5-7,10H,8-9H2,1-4H3. The lowest BCUT2D eigenvalue weighted by atomic mass is 9.89. The van der Waals surface area contributed by atoms with Gasteiger partial charge in [0.25, 0.3) is 0 Å². The Bertz CT molecular complexity index is 284. The summed E-state index contributed by atoms with van der Waals surface area (Å²) in [5.74, 6) is 0.955. The van der Waals surface area contributed by atoms with Gasteiger partial charge in [-0.3, -0.25) is 0 Å². The zero-order valence-electron chi connectivity index (χ0n) is 9.63. The van der Waals surface area contributed by atoms with Crippen LogP contribution < -0.4 is 4.74 Å². The Kier molecular flexibility index (Phi) is 3.56. The van der Waals surface area contributed by atoms with Crippen LogP contribution >= 0.6 is 0 Å². The molecule has 0 aliphatic carbocycles. The molecule has 0 radical (unpaired) electrons. The van der Waals surface area contributed by atoms with Crippen LogP contribution in [0.25, 0.3) is 0 Å². The molecule has 0 aliphatic rings. The number of hydrogen-bond acceptors (Lipinski definition) is 1. The topological polar surface area (TPSA) is 9.23 Å². The lowest BCUT2D eigenvalue weighted by Crippen LogP contribution is -2.06. The molecule has 1 nitrogen and oxygen atoms in total. The molecule has 1 rings (SSSR count). The highest BCUT2D eigenvalue weighted by Gasteiger charge is 2.09. The van der Waals surface area contributed by atoms with Crippen LogP contribution in [0.5, 0.6) is 5.75 Å². The zero-order valence-corrected chi connectivity index (χ0v) is 9.63. The fourth-order valence-electron chi connectivity index (χ4n) is 1.35. The van der Waals surface area contributed by atoms with E-state index in [2.05, 4.69) is 39.0 Å². The smallest absolute Gasteiger partial charge is 0.119 e. The number of rotatable bonds is 3. The van der Waals surface area contributed by atoms with E-state index in [1.165, 1.54) is 12.0 Å². The van der Waals surface area contributed by atoms with Gasteiger partial charge in [0, 0.05) is 0 Å². The molecule has 0 spiro atoms. The first kappa shape index (κ1) is 11.1. The van der Waals surface area contributed by atoms with Gasteiger partial charge in [-0.2, -0.15) is 0 Å². The molecule has 0 saturated heterocycles. The Labute approximate surface area is 87.1 Å². The van der Waals surface area contributed by atoms with Crippen molar-refractivity contribution in [2.75, 3.05) is 7.11 Å². The van der Waals surface area contributed by atoms with E-state index < -0.39 is 0 Å². The maximum atomic E-state index is 5.19. The summed E-state index contributed by atoms with van der Waals surface area (Å²) in [6.45, 7) is 6.81. The Hall–Kier alpha value is -0.980. The molecule has 0 aliphatic heterocycles. The number of benzene rings is 1. The summed E-state index contributed by atoms with van der Waals surface area (Å²) in [5.41, 5.74) is 1.77. The third kappa shape index (κ3) is 3.82. The van der Waals surface area contributed by atoms with Gasteiger partial charge in [-0.25, -0.2) is 0 Å². The van der Waals surface area contributed by atoms with Crippen molar-refractivity contribution in [2.24, 2.45) is 5.41 Å². The minimum atomic E-state index is 0.406. The van der Waals surface area contributed by atoms with Crippen LogP contribution in [0.1, 0.15) is 32.8 Å². The number of hydrogen-bond donors (Lipinski definition) is 0. The summed E-state index contributed by atoms with van der Waals surface area (Å²) in [5, 5.41) is 0. The van der Waals surface area contributed by atoms with Gasteiger partial charge in [-0.05, 0) is 36.0 Å². The molecular formula is C13H20O. The van der Waals surface area contributed by atoms with E-state index in [0.29, 0.717) is 5.41 Å². The molecule has 0 fully saturated rings. The molecule has 0 unspecified atom stereocenters. The molecule has 0 heterocycles. The van der Waals surface area contributed by atoms with Gasteiger partial charge < -0.3 is 4.74 Å². The second-order valence-corrected chi connectivity index (χ2v) is 4.91. The highest BCUT2D eigenvalue weighted by molar-refractivity contribution is 5.28. The Morgan fingerprint density at radius 2 is 1.93 bits per heavy atom. The van der Waals surface area contributed by atoms with E-state index in [9.17, 15) is 0 Å². The molecule has 1 aromatic rings. The van der Waals surface area contributed by atoms with Gasteiger partial charge in [0.15, 0.2) is 0 Å². The zero-order chi connectivity index (χ0) is 10.6. The third-order valence-corrected chi connectivity index (χ3v) is 2.30. The second kappa shape index (κ2) is 4.50. The fraction of sp³-hybridized carbons (Fsp3) is 0.538. The third-order valence-electron chi connectivity index (χ3n) is 2.30. The van der Waals surface area contributed by atoms with Crippen LogP contribution in [0.2, 0.25) is 0 Å². The van der Waals surface area contributed by atoms with Crippen molar-refractivity contribution in [2.45, 2.75) is 33.6 Å². The van der Waals surface area contributed by atoms with Crippen LogP contribution in [-0.4, -0.2) is 7.11 Å². The summed E-state index contributed by atoms with van der Waals surface area (Å²) in [6, 6.07) is 8.32. The first-order valence-corrected chi connectivity index (χ1v) is 5.14. The number of methoxy groups -OCH3 is 1. The number of aryl methyl sites for hydroxylation is 1. The predicted octanol–water partition coefficient (Wildman–Crippen LogP) is 3.67. The summed E-state index contributed by atoms with van der Waals surface area (Å²) in [4.78, 5) is 0. The van der Waals surface area contributed by atoms with Crippen molar-refractivity contribution in [3.05, 3.63) is 29.8 Å². The normalized spacial score (nSPS) is 11.4. The number of ether oxygens (including phenoxy) is 1. The maximum absolute atomic E-state index is 5.19. The molecule has 1 aromatic carbocycles. The largest absolute Gasteiger partial charge is 0.497 e. The van der Waals surface area contributed by atoms with E-state index in [1.807, 2.05) is 6.07 Å². The van der Waals surface area contributed by atoms with Gasteiger partial charge in [0.1, 0.15) is 5.75 Å². The van der Waals surface area contributed by atoms with Crippen LogP contribution in [0, 0.1) is 5.41 Å². The summed E-state index contributed by atoms with van der Waals surface area (Å²) >= 11 is 0. The lowest BCUT2D eigenvalue weighted by Gasteiger charge is -2.17. The highest BCUT2D eigenvalue weighted by atomic mass is 16.5. The molecule has 78 valence electrons. The van der Waals surface area contributed by atoms with Crippen LogP contribution in [0.4, 0.5) is 0 Å². The summed E-state index contributed by atoms with van der Waals surface area (Å²) < 4.78 is 5.19.